The summed E-state index contributed by atoms with van der Waals surface area (Å²) in [7, 11) is 0. The summed E-state index contributed by atoms with van der Waals surface area (Å²) in [4.78, 5) is 11.8. The van der Waals surface area contributed by atoms with Crippen molar-refractivity contribution in [2.24, 2.45) is 5.73 Å². The van der Waals surface area contributed by atoms with Crippen molar-refractivity contribution in [1.82, 2.24) is 5.32 Å². The van der Waals surface area contributed by atoms with Gasteiger partial charge in [0.15, 0.2) is 0 Å². The minimum absolute atomic E-state index is 0.272. The van der Waals surface area contributed by atoms with Gasteiger partial charge in [-0.2, -0.15) is 0 Å². The van der Waals surface area contributed by atoms with E-state index in [0.29, 0.717) is 6.04 Å². The molecule has 1 unspecified atom stereocenters. The van der Waals surface area contributed by atoms with Crippen LogP contribution < -0.4 is 11.1 Å². The van der Waals surface area contributed by atoms with Crippen LogP contribution in [0.2, 0.25) is 0 Å². The van der Waals surface area contributed by atoms with Gasteiger partial charge < -0.3 is 5.73 Å². The van der Waals surface area contributed by atoms with E-state index >= 15 is 0 Å². The van der Waals surface area contributed by atoms with Gasteiger partial charge in [0.2, 0.25) is 5.91 Å². The Labute approximate surface area is 115 Å². The first-order valence-electron chi connectivity index (χ1n) is 7.35. The molecule has 0 aliphatic heterocycles. The fourth-order valence-electron chi connectivity index (χ4n) is 2.97. The second-order valence-corrected chi connectivity index (χ2v) is 5.39. The fraction of sp³-hybridized carbons (Fsp3) is 0.562. The zero-order valence-electron chi connectivity index (χ0n) is 11.7. The van der Waals surface area contributed by atoms with E-state index in [4.69, 9.17) is 5.73 Å². The third kappa shape index (κ3) is 3.57. The van der Waals surface area contributed by atoms with Gasteiger partial charge in [-0.3, -0.25) is 10.1 Å². The molecule has 0 spiro atoms. The largest absolute Gasteiger partial charge is 0.368 e. The van der Waals surface area contributed by atoms with E-state index < -0.39 is 0 Å². The maximum Gasteiger partial charge on any atom is 0.239 e. The number of amides is 1. The highest BCUT2D eigenvalue weighted by atomic mass is 16.1. The first-order valence-corrected chi connectivity index (χ1v) is 7.35. The van der Waals surface area contributed by atoms with Gasteiger partial charge in [0.05, 0.1) is 0 Å². The normalized spacial score (nSPS) is 18.2. The van der Waals surface area contributed by atoms with Gasteiger partial charge in [0.1, 0.15) is 6.04 Å². The SMILES string of the molecule is CCc1ccccc1C(NC1CCCCC1)C(N)=O. The predicted octanol–water partition coefficient (Wildman–Crippen LogP) is 2.70. The number of carbonyl (C=O) groups excluding carboxylic acids is 1. The summed E-state index contributed by atoms with van der Waals surface area (Å²) in [6.45, 7) is 2.11. The molecule has 19 heavy (non-hydrogen) atoms. The van der Waals surface area contributed by atoms with Gasteiger partial charge >= 0.3 is 0 Å². The third-order valence-corrected chi connectivity index (χ3v) is 4.04. The summed E-state index contributed by atoms with van der Waals surface area (Å²) in [5.74, 6) is -0.272. The van der Waals surface area contributed by atoms with Crippen LogP contribution in [0.4, 0.5) is 0 Å². The van der Waals surface area contributed by atoms with Crippen molar-refractivity contribution in [3.05, 3.63) is 35.4 Å². The molecule has 1 aliphatic carbocycles. The Kier molecular flexibility index (Phi) is 4.97. The van der Waals surface area contributed by atoms with Gasteiger partial charge in [-0.1, -0.05) is 50.5 Å². The second-order valence-electron chi connectivity index (χ2n) is 5.39. The zero-order chi connectivity index (χ0) is 13.7. The topological polar surface area (TPSA) is 55.1 Å². The molecule has 3 heteroatoms. The quantitative estimate of drug-likeness (QED) is 0.855. The minimum atomic E-state index is -0.348. The van der Waals surface area contributed by atoms with Gasteiger partial charge in [0.25, 0.3) is 0 Å². The number of aryl methyl sites for hydroxylation is 1. The lowest BCUT2D eigenvalue weighted by molar-refractivity contribution is -0.120. The number of hydrogen-bond donors (Lipinski definition) is 2. The van der Waals surface area contributed by atoms with Crippen LogP contribution in [-0.4, -0.2) is 11.9 Å². The van der Waals surface area contributed by atoms with Crippen molar-refractivity contribution < 1.29 is 4.79 Å². The first kappa shape index (κ1) is 14.1. The van der Waals surface area contributed by atoms with E-state index in [-0.39, 0.29) is 11.9 Å². The highest BCUT2D eigenvalue weighted by molar-refractivity contribution is 5.82. The average molecular weight is 260 g/mol. The average Bonchev–Trinajstić information content (AvgIpc) is 2.45. The number of nitrogens with one attached hydrogen (secondary N) is 1. The molecule has 1 fully saturated rings. The van der Waals surface area contributed by atoms with Crippen molar-refractivity contribution in [1.29, 1.82) is 0 Å². The fourth-order valence-corrected chi connectivity index (χ4v) is 2.97. The van der Waals surface area contributed by atoms with Crippen LogP contribution in [0.5, 0.6) is 0 Å². The molecule has 104 valence electrons. The Bertz CT molecular complexity index is 425. The summed E-state index contributed by atoms with van der Waals surface area (Å²) < 4.78 is 0. The van der Waals surface area contributed by atoms with Crippen LogP contribution in [0.15, 0.2) is 24.3 Å². The van der Waals surface area contributed by atoms with E-state index in [1.54, 1.807) is 0 Å². The lowest BCUT2D eigenvalue weighted by Gasteiger charge is -2.28. The number of carbonyl (C=O) groups is 1. The van der Waals surface area contributed by atoms with Crippen LogP contribution in [0.3, 0.4) is 0 Å². The number of primary amides is 1. The molecule has 3 N–H and O–H groups in total. The summed E-state index contributed by atoms with van der Waals surface area (Å²) in [5.41, 5.74) is 7.86. The molecule has 0 saturated heterocycles. The summed E-state index contributed by atoms with van der Waals surface area (Å²) >= 11 is 0. The Morgan fingerprint density at radius 2 is 2.00 bits per heavy atom. The van der Waals surface area contributed by atoms with Crippen molar-refractivity contribution in [2.45, 2.75) is 57.5 Å². The molecule has 1 atom stereocenters. The zero-order valence-corrected chi connectivity index (χ0v) is 11.7. The molecular weight excluding hydrogens is 236 g/mol. The van der Waals surface area contributed by atoms with Crippen molar-refractivity contribution in [2.75, 3.05) is 0 Å². The number of hydrogen-bond acceptors (Lipinski definition) is 2. The smallest absolute Gasteiger partial charge is 0.239 e. The van der Waals surface area contributed by atoms with E-state index in [0.717, 1.165) is 24.8 Å². The third-order valence-electron chi connectivity index (χ3n) is 4.04. The Morgan fingerprint density at radius 1 is 1.32 bits per heavy atom. The van der Waals surface area contributed by atoms with E-state index in [1.807, 2.05) is 18.2 Å². The van der Waals surface area contributed by atoms with E-state index in [9.17, 15) is 4.79 Å². The molecule has 1 aromatic carbocycles. The monoisotopic (exact) mass is 260 g/mol. The van der Waals surface area contributed by atoms with Gasteiger partial charge in [-0.05, 0) is 30.4 Å². The molecule has 0 radical (unpaired) electrons. The minimum Gasteiger partial charge on any atom is -0.368 e. The van der Waals surface area contributed by atoms with E-state index in [2.05, 4.69) is 18.3 Å². The molecule has 0 aromatic heterocycles. The van der Waals surface area contributed by atoms with Gasteiger partial charge in [0, 0.05) is 6.04 Å². The standard InChI is InChI=1S/C16H24N2O/c1-2-12-8-6-7-11-14(12)15(16(17)19)18-13-9-4-3-5-10-13/h6-8,11,13,15,18H,2-5,9-10H2,1H3,(H2,17,19). The first-order chi connectivity index (χ1) is 9.22. The highest BCUT2D eigenvalue weighted by Crippen LogP contribution is 2.23. The lowest BCUT2D eigenvalue weighted by atomic mass is 9.92. The van der Waals surface area contributed by atoms with Crippen LogP contribution in [-0.2, 0) is 11.2 Å². The number of benzene rings is 1. The Morgan fingerprint density at radius 3 is 2.63 bits per heavy atom. The molecular formula is C16H24N2O. The summed E-state index contributed by atoms with van der Waals surface area (Å²) in [6, 6.07) is 8.17. The summed E-state index contributed by atoms with van der Waals surface area (Å²) in [6.07, 6.45) is 7.03. The predicted molar refractivity (Wildman–Crippen MR) is 77.8 cm³/mol. The van der Waals surface area contributed by atoms with Crippen LogP contribution >= 0.6 is 0 Å². The van der Waals surface area contributed by atoms with Crippen LogP contribution in [0.1, 0.15) is 56.2 Å². The molecule has 3 nitrogen and oxygen atoms in total. The maximum absolute atomic E-state index is 11.8. The van der Waals surface area contributed by atoms with Gasteiger partial charge in [-0.15, -0.1) is 0 Å². The highest BCUT2D eigenvalue weighted by Gasteiger charge is 2.24. The van der Waals surface area contributed by atoms with Crippen molar-refractivity contribution in [3.63, 3.8) is 0 Å². The summed E-state index contributed by atoms with van der Waals surface area (Å²) in [5, 5.41) is 3.47. The Balaban J connectivity index is 2.17. The molecule has 0 bridgehead atoms. The van der Waals surface area contributed by atoms with Crippen LogP contribution in [0, 0.1) is 0 Å². The lowest BCUT2D eigenvalue weighted by Crippen LogP contribution is -2.41. The molecule has 0 heterocycles. The number of nitrogens with two attached hydrogens (primary N) is 1. The maximum atomic E-state index is 11.8. The Hall–Kier alpha value is -1.35. The van der Waals surface area contributed by atoms with Crippen LogP contribution in [0.25, 0.3) is 0 Å². The number of rotatable bonds is 5. The molecule has 1 aromatic rings. The van der Waals surface area contributed by atoms with Gasteiger partial charge in [-0.25, -0.2) is 0 Å². The van der Waals surface area contributed by atoms with Crippen molar-refractivity contribution in [3.8, 4) is 0 Å². The molecule has 2 rings (SSSR count). The molecule has 1 aliphatic rings. The van der Waals surface area contributed by atoms with E-state index in [1.165, 1.54) is 24.8 Å². The molecule has 1 amide bonds. The van der Waals surface area contributed by atoms with Crippen molar-refractivity contribution >= 4 is 5.91 Å². The molecule has 1 saturated carbocycles. The second kappa shape index (κ2) is 6.71.